The van der Waals surface area contributed by atoms with Crippen molar-refractivity contribution in [3.63, 3.8) is 0 Å². The van der Waals surface area contributed by atoms with Crippen LogP contribution in [0.1, 0.15) is 32.3 Å². The molecule has 24 heavy (non-hydrogen) atoms. The molecule has 4 nitrogen and oxygen atoms in total. The van der Waals surface area contributed by atoms with E-state index in [1.54, 1.807) is 13.2 Å². The molecule has 1 amide bonds. The maximum absolute atomic E-state index is 11.5. The third-order valence-electron chi connectivity index (χ3n) is 4.76. The third-order valence-corrected chi connectivity index (χ3v) is 4.76. The SMILES string of the molecule is CCCC1CN(Cc2ccccc2-c2ccco2)CC1NC(C)=O. The molecule has 1 aliphatic heterocycles. The second-order valence-corrected chi connectivity index (χ2v) is 6.68. The number of hydrogen-bond acceptors (Lipinski definition) is 3. The largest absolute Gasteiger partial charge is 0.464 e. The summed E-state index contributed by atoms with van der Waals surface area (Å²) in [4.78, 5) is 13.9. The highest BCUT2D eigenvalue weighted by Crippen LogP contribution is 2.28. The van der Waals surface area contributed by atoms with Gasteiger partial charge in [-0.3, -0.25) is 9.69 Å². The van der Waals surface area contributed by atoms with Crippen LogP contribution in [0.15, 0.2) is 47.1 Å². The number of nitrogens with zero attached hydrogens (tertiary/aromatic N) is 1. The van der Waals surface area contributed by atoms with Gasteiger partial charge in [0.15, 0.2) is 0 Å². The Morgan fingerprint density at radius 3 is 2.79 bits per heavy atom. The van der Waals surface area contributed by atoms with Gasteiger partial charge in [-0.05, 0) is 30.0 Å². The first kappa shape index (κ1) is 16.8. The molecule has 0 spiro atoms. The summed E-state index contributed by atoms with van der Waals surface area (Å²) in [6.07, 6.45) is 4.02. The monoisotopic (exact) mass is 326 g/mol. The van der Waals surface area contributed by atoms with Gasteiger partial charge in [0.05, 0.1) is 6.26 Å². The smallest absolute Gasteiger partial charge is 0.217 e. The lowest BCUT2D eigenvalue weighted by Crippen LogP contribution is -2.39. The summed E-state index contributed by atoms with van der Waals surface area (Å²) in [6.45, 7) is 6.65. The number of benzene rings is 1. The Bertz CT molecular complexity index is 666. The quantitative estimate of drug-likeness (QED) is 0.881. The highest BCUT2D eigenvalue weighted by Gasteiger charge is 2.32. The van der Waals surface area contributed by atoms with Crippen molar-refractivity contribution in [2.24, 2.45) is 5.92 Å². The highest BCUT2D eigenvalue weighted by molar-refractivity contribution is 5.73. The zero-order valence-corrected chi connectivity index (χ0v) is 14.5. The van der Waals surface area contributed by atoms with Gasteiger partial charge in [0.2, 0.25) is 5.91 Å². The van der Waals surface area contributed by atoms with E-state index >= 15 is 0 Å². The number of likely N-dealkylation sites (tertiary alicyclic amines) is 1. The second kappa shape index (κ2) is 7.67. The zero-order chi connectivity index (χ0) is 16.9. The molecule has 128 valence electrons. The summed E-state index contributed by atoms with van der Waals surface area (Å²) in [6, 6.07) is 12.6. The summed E-state index contributed by atoms with van der Waals surface area (Å²) < 4.78 is 5.58. The molecule has 1 saturated heterocycles. The molecule has 1 fully saturated rings. The maximum Gasteiger partial charge on any atom is 0.217 e. The van der Waals surface area contributed by atoms with Crippen molar-refractivity contribution in [3.05, 3.63) is 48.2 Å². The molecule has 1 aliphatic rings. The molecule has 0 aliphatic carbocycles. The van der Waals surface area contributed by atoms with Crippen LogP contribution in [-0.2, 0) is 11.3 Å². The molecular weight excluding hydrogens is 300 g/mol. The van der Waals surface area contributed by atoms with Gasteiger partial charge in [-0.1, -0.05) is 37.6 Å². The van der Waals surface area contributed by atoms with Crippen LogP contribution in [0.4, 0.5) is 0 Å². The van der Waals surface area contributed by atoms with Crippen molar-refractivity contribution in [2.45, 2.75) is 39.3 Å². The molecule has 1 aromatic carbocycles. The van der Waals surface area contributed by atoms with E-state index in [4.69, 9.17) is 4.42 Å². The van der Waals surface area contributed by atoms with Crippen molar-refractivity contribution in [1.29, 1.82) is 0 Å². The van der Waals surface area contributed by atoms with Crippen LogP contribution in [0, 0.1) is 5.92 Å². The summed E-state index contributed by atoms with van der Waals surface area (Å²) in [5.74, 6) is 1.52. The molecule has 2 heterocycles. The van der Waals surface area contributed by atoms with E-state index < -0.39 is 0 Å². The van der Waals surface area contributed by atoms with Crippen LogP contribution in [0.25, 0.3) is 11.3 Å². The zero-order valence-electron chi connectivity index (χ0n) is 14.5. The highest BCUT2D eigenvalue weighted by atomic mass is 16.3. The number of hydrogen-bond donors (Lipinski definition) is 1. The van der Waals surface area contributed by atoms with Crippen LogP contribution in [-0.4, -0.2) is 29.9 Å². The molecule has 2 atom stereocenters. The van der Waals surface area contributed by atoms with Crippen LogP contribution >= 0.6 is 0 Å². The van der Waals surface area contributed by atoms with Gasteiger partial charge in [-0.25, -0.2) is 0 Å². The van der Waals surface area contributed by atoms with E-state index in [9.17, 15) is 4.79 Å². The van der Waals surface area contributed by atoms with E-state index in [1.165, 1.54) is 5.56 Å². The van der Waals surface area contributed by atoms with Gasteiger partial charge < -0.3 is 9.73 Å². The van der Waals surface area contributed by atoms with Gasteiger partial charge >= 0.3 is 0 Å². The van der Waals surface area contributed by atoms with Gasteiger partial charge in [0.1, 0.15) is 5.76 Å². The Kier molecular flexibility index (Phi) is 5.36. The third kappa shape index (κ3) is 3.88. The Morgan fingerprint density at radius 2 is 2.08 bits per heavy atom. The summed E-state index contributed by atoms with van der Waals surface area (Å²) >= 11 is 0. The van der Waals surface area contributed by atoms with Crippen molar-refractivity contribution < 1.29 is 9.21 Å². The fraction of sp³-hybridized carbons (Fsp3) is 0.450. The molecular formula is C20H26N2O2. The van der Waals surface area contributed by atoms with Gasteiger partial charge in [-0.2, -0.15) is 0 Å². The first-order valence-electron chi connectivity index (χ1n) is 8.78. The van der Waals surface area contributed by atoms with E-state index in [-0.39, 0.29) is 11.9 Å². The Balaban J connectivity index is 1.74. The fourth-order valence-corrected chi connectivity index (χ4v) is 3.75. The number of amides is 1. The topological polar surface area (TPSA) is 45.5 Å². The molecule has 1 N–H and O–H groups in total. The van der Waals surface area contributed by atoms with Crippen molar-refractivity contribution in [2.75, 3.05) is 13.1 Å². The minimum atomic E-state index is 0.0685. The minimum Gasteiger partial charge on any atom is -0.464 e. The molecule has 2 unspecified atom stereocenters. The number of furan rings is 1. The second-order valence-electron chi connectivity index (χ2n) is 6.68. The minimum absolute atomic E-state index is 0.0685. The Labute approximate surface area is 143 Å². The molecule has 2 aromatic rings. The van der Waals surface area contributed by atoms with E-state index in [0.717, 1.165) is 43.8 Å². The fourth-order valence-electron chi connectivity index (χ4n) is 3.75. The van der Waals surface area contributed by atoms with E-state index in [1.807, 2.05) is 18.2 Å². The first-order valence-corrected chi connectivity index (χ1v) is 8.78. The van der Waals surface area contributed by atoms with Gasteiger partial charge in [0, 0.05) is 38.2 Å². The average molecular weight is 326 g/mol. The molecule has 1 aromatic heterocycles. The predicted octanol–water partition coefficient (Wildman–Crippen LogP) is 3.68. The molecule has 0 saturated carbocycles. The number of nitrogens with one attached hydrogen (secondary N) is 1. The molecule has 0 radical (unpaired) electrons. The van der Waals surface area contributed by atoms with Crippen LogP contribution in [0.3, 0.4) is 0 Å². The Hall–Kier alpha value is -2.07. The van der Waals surface area contributed by atoms with Gasteiger partial charge in [0.25, 0.3) is 0 Å². The lowest BCUT2D eigenvalue weighted by molar-refractivity contribution is -0.119. The standard InChI is InChI=1S/C20H26N2O2/c1-3-7-17-13-22(14-19(17)21-15(2)23)12-16-8-4-5-9-18(16)20-10-6-11-24-20/h4-6,8-11,17,19H,3,7,12-14H2,1-2H3,(H,21,23). The molecule has 0 bridgehead atoms. The van der Waals surface area contributed by atoms with Crippen LogP contribution in [0.2, 0.25) is 0 Å². The van der Waals surface area contributed by atoms with E-state index in [2.05, 4.69) is 35.3 Å². The molecule has 4 heteroatoms. The lowest BCUT2D eigenvalue weighted by Gasteiger charge is -2.18. The Morgan fingerprint density at radius 1 is 1.25 bits per heavy atom. The van der Waals surface area contributed by atoms with Crippen molar-refractivity contribution in [1.82, 2.24) is 10.2 Å². The maximum atomic E-state index is 11.5. The normalized spacial score (nSPS) is 21.1. The average Bonchev–Trinajstić information content (AvgIpc) is 3.19. The van der Waals surface area contributed by atoms with Crippen LogP contribution < -0.4 is 5.32 Å². The number of carbonyl (C=O) groups excluding carboxylic acids is 1. The van der Waals surface area contributed by atoms with E-state index in [0.29, 0.717) is 5.92 Å². The van der Waals surface area contributed by atoms with Crippen molar-refractivity contribution >= 4 is 5.91 Å². The number of carbonyl (C=O) groups is 1. The van der Waals surface area contributed by atoms with Crippen LogP contribution in [0.5, 0.6) is 0 Å². The summed E-state index contributed by atoms with van der Waals surface area (Å²) in [5.41, 5.74) is 2.42. The summed E-state index contributed by atoms with van der Waals surface area (Å²) in [5, 5.41) is 3.14. The lowest BCUT2D eigenvalue weighted by atomic mass is 9.98. The molecule has 3 rings (SSSR count). The summed E-state index contributed by atoms with van der Waals surface area (Å²) in [7, 11) is 0. The predicted molar refractivity (Wildman–Crippen MR) is 95.4 cm³/mol. The van der Waals surface area contributed by atoms with Crippen molar-refractivity contribution in [3.8, 4) is 11.3 Å². The van der Waals surface area contributed by atoms with Gasteiger partial charge in [-0.15, -0.1) is 0 Å². The number of rotatable bonds is 6. The first-order chi connectivity index (χ1) is 11.7.